The molecule has 0 bridgehead atoms. The van der Waals surface area contributed by atoms with Gasteiger partial charge in [0.15, 0.2) is 0 Å². The van der Waals surface area contributed by atoms with Crippen molar-refractivity contribution in [1.82, 2.24) is 9.78 Å². The first kappa shape index (κ1) is 20.0. The van der Waals surface area contributed by atoms with Gasteiger partial charge in [-0.25, -0.2) is 4.79 Å². The van der Waals surface area contributed by atoms with Crippen LogP contribution in [0.15, 0.2) is 48.7 Å². The van der Waals surface area contributed by atoms with E-state index in [1.807, 2.05) is 24.3 Å². The number of nitrogens with zero attached hydrogens (tertiary/aromatic N) is 2. The van der Waals surface area contributed by atoms with Crippen LogP contribution in [-0.2, 0) is 7.05 Å². The SMILES string of the molecule is Cn1ncc(C(=O)Nc2ccc(Cl)c(C(=O)O)c2)c1-c1ccccc1OCC1CC1. The number of nitrogens with one attached hydrogen (secondary N) is 1. The van der Waals surface area contributed by atoms with Crippen LogP contribution in [0.3, 0.4) is 0 Å². The number of amides is 1. The molecule has 0 atom stereocenters. The first-order chi connectivity index (χ1) is 14.4. The molecule has 0 radical (unpaired) electrons. The number of hydrogen-bond donors (Lipinski definition) is 2. The number of carboxylic acid groups (broad SMARTS) is 1. The Balaban J connectivity index is 1.64. The second kappa shape index (κ2) is 8.20. The summed E-state index contributed by atoms with van der Waals surface area (Å²) in [4.78, 5) is 24.3. The van der Waals surface area contributed by atoms with Crippen molar-refractivity contribution in [3.05, 3.63) is 64.8 Å². The summed E-state index contributed by atoms with van der Waals surface area (Å²) in [7, 11) is 1.76. The Morgan fingerprint density at radius 3 is 2.73 bits per heavy atom. The molecule has 1 fully saturated rings. The molecule has 1 amide bonds. The lowest BCUT2D eigenvalue weighted by atomic mass is 10.1. The molecule has 0 spiro atoms. The number of hydrogen-bond acceptors (Lipinski definition) is 4. The lowest BCUT2D eigenvalue weighted by molar-refractivity contribution is 0.0696. The molecule has 0 aliphatic heterocycles. The van der Waals surface area contributed by atoms with Crippen LogP contribution in [0, 0.1) is 5.92 Å². The van der Waals surface area contributed by atoms with Gasteiger partial charge in [0.2, 0.25) is 0 Å². The van der Waals surface area contributed by atoms with Crippen LogP contribution in [0.4, 0.5) is 5.69 Å². The fraction of sp³-hybridized carbons (Fsp3) is 0.227. The summed E-state index contributed by atoms with van der Waals surface area (Å²) in [5.74, 6) is -0.281. The molecule has 3 aromatic rings. The number of carbonyl (C=O) groups is 2. The van der Waals surface area contributed by atoms with Crippen LogP contribution in [0.25, 0.3) is 11.3 Å². The fourth-order valence-electron chi connectivity index (χ4n) is 3.17. The zero-order chi connectivity index (χ0) is 21.3. The fourth-order valence-corrected chi connectivity index (χ4v) is 3.37. The second-order valence-corrected chi connectivity index (χ2v) is 7.64. The summed E-state index contributed by atoms with van der Waals surface area (Å²) in [6, 6.07) is 11.9. The van der Waals surface area contributed by atoms with Crippen LogP contribution in [0.2, 0.25) is 5.02 Å². The quantitative estimate of drug-likeness (QED) is 0.582. The maximum Gasteiger partial charge on any atom is 0.337 e. The number of aryl methyl sites for hydroxylation is 1. The minimum absolute atomic E-state index is 0.0836. The van der Waals surface area contributed by atoms with Gasteiger partial charge in [-0.05, 0) is 49.1 Å². The molecule has 8 heteroatoms. The van der Waals surface area contributed by atoms with Crippen molar-refractivity contribution in [2.24, 2.45) is 13.0 Å². The summed E-state index contributed by atoms with van der Waals surface area (Å²) < 4.78 is 7.62. The standard InChI is InChI=1S/C22H20ClN3O4/c1-26-20(15-4-2-3-5-19(15)30-12-13-6-7-13)17(11-24-26)21(27)25-14-8-9-18(23)16(10-14)22(28)29/h2-5,8-11,13H,6-7,12H2,1H3,(H,25,27)(H,28,29). The molecule has 4 rings (SSSR count). The molecule has 0 unspecified atom stereocenters. The van der Waals surface area contributed by atoms with E-state index < -0.39 is 11.9 Å². The Kier molecular flexibility index (Phi) is 5.46. The largest absolute Gasteiger partial charge is 0.493 e. The van der Waals surface area contributed by atoms with Crippen LogP contribution < -0.4 is 10.1 Å². The van der Waals surface area contributed by atoms with E-state index >= 15 is 0 Å². The molecule has 2 N–H and O–H groups in total. The van der Waals surface area contributed by atoms with Crippen molar-refractivity contribution in [2.75, 3.05) is 11.9 Å². The maximum absolute atomic E-state index is 13.0. The normalized spacial score (nSPS) is 13.1. The topological polar surface area (TPSA) is 93.5 Å². The van der Waals surface area contributed by atoms with E-state index in [0.717, 1.165) is 5.56 Å². The Morgan fingerprint density at radius 2 is 2.00 bits per heavy atom. The number of ether oxygens (including phenoxy) is 1. The number of aromatic nitrogens is 2. The molecule has 1 aromatic heterocycles. The zero-order valence-electron chi connectivity index (χ0n) is 16.3. The van der Waals surface area contributed by atoms with E-state index in [4.69, 9.17) is 16.3 Å². The smallest absolute Gasteiger partial charge is 0.337 e. The third kappa shape index (κ3) is 4.16. The maximum atomic E-state index is 13.0. The minimum atomic E-state index is -1.17. The van der Waals surface area contributed by atoms with Gasteiger partial charge in [-0.1, -0.05) is 23.7 Å². The van der Waals surface area contributed by atoms with E-state index in [2.05, 4.69) is 10.4 Å². The third-order valence-corrected chi connectivity index (χ3v) is 5.28. The molecule has 7 nitrogen and oxygen atoms in total. The Morgan fingerprint density at radius 1 is 1.23 bits per heavy atom. The molecule has 2 aromatic carbocycles. The van der Waals surface area contributed by atoms with E-state index in [-0.39, 0.29) is 10.6 Å². The Labute approximate surface area is 178 Å². The molecular weight excluding hydrogens is 406 g/mol. The van der Waals surface area contributed by atoms with Crippen LogP contribution in [0.5, 0.6) is 5.75 Å². The molecule has 1 heterocycles. The molecule has 0 saturated heterocycles. The summed E-state index contributed by atoms with van der Waals surface area (Å²) in [5, 5.41) is 16.3. The minimum Gasteiger partial charge on any atom is -0.493 e. The first-order valence-electron chi connectivity index (χ1n) is 9.52. The number of anilines is 1. The molecule has 154 valence electrons. The summed E-state index contributed by atoms with van der Waals surface area (Å²) >= 11 is 5.91. The highest BCUT2D eigenvalue weighted by atomic mass is 35.5. The number of carboxylic acids is 1. The van der Waals surface area contributed by atoms with Gasteiger partial charge in [0, 0.05) is 18.3 Å². The predicted molar refractivity (Wildman–Crippen MR) is 113 cm³/mol. The summed E-state index contributed by atoms with van der Waals surface area (Å²) in [5.41, 5.74) is 1.98. The van der Waals surface area contributed by atoms with E-state index in [0.29, 0.717) is 35.2 Å². The van der Waals surface area contributed by atoms with Crippen LogP contribution in [0.1, 0.15) is 33.6 Å². The molecule has 1 aliphatic carbocycles. The highest BCUT2D eigenvalue weighted by Gasteiger charge is 2.24. The third-order valence-electron chi connectivity index (χ3n) is 4.95. The van der Waals surface area contributed by atoms with Crippen molar-refractivity contribution < 1.29 is 19.4 Å². The van der Waals surface area contributed by atoms with Gasteiger partial charge in [-0.3, -0.25) is 9.48 Å². The van der Waals surface area contributed by atoms with Crippen molar-refractivity contribution in [1.29, 1.82) is 0 Å². The first-order valence-corrected chi connectivity index (χ1v) is 9.90. The molecule has 30 heavy (non-hydrogen) atoms. The van der Waals surface area contributed by atoms with E-state index in [1.165, 1.54) is 31.2 Å². The van der Waals surface area contributed by atoms with Gasteiger partial charge in [-0.2, -0.15) is 5.10 Å². The molecule has 1 saturated carbocycles. The zero-order valence-corrected chi connectivity index (χ0v) is 17.0. The highest BCUT2D eigenvalue weighted by molar-refractivity contribution is 6.33. The van der Waals surface area contributed by atoms with Crippen molar-refractivity contribution >= 4 is 29.2 Å². The Hall–Kier alpha value is -3.32. The van der Waals surface area contributed by atoms with Gasteiger partial charge in [0.25, 0.3) is 5.91 Å². The van der Waals surface area contributed by atoms with E-state index in [9.17, 15) is 14.7 Å². The lowest BCUT2D eigenvalue weighted by Crippen LogP contribution is -2.14. The number of aromatic carboxylic acids is 1. The number of para-hydroxylation sites is 1. The van der Waals surface area contributed by atoms with Gasteiger partial charge >= 0.3 is 5.97 Å². The monoisotopic (exact) mass is 425 g/mol. The number of halogens is 1. The Bertz CT molecular complexity index is 1120. The van der Waals surface area contributed by atoms with Crippen molar-refractivity contribution in [3.63, 3.8) is 0 Å². The number of rotatable bonds is 7. The molecular formula is C22H20ClN3O4. The van der Waals surface area contributed by atoms with E-state index in [1.54, 1.807) is 17.8 Å². The highest BCUT2D eigenvalue weighted by Crippen LogP contribution is 2.35. The van der Waals surface area contributed by atoms with Crippen molar-refractivity contribution in [3.8, 4) is 17.0 Å². The van der Waals surface area contributed by atoms with Gasteiger partial charge in [0.05, 0.1) is 34.6 Å². The van der Waals surface area contributed by atoms with Gasteiger partial charge < -0.3 is 15.2 Å². The second-order valence-electron chi connectivity index (χ2n) is 7.23. The van der Waals surface area contributed by atoms with Crippen LogP contribution >= 0.6 is 11.6 Å². The van der Waals surface area contributed by atoms with Gasteiger partial charge in [-0.15, -0.1) is 0 Å². The lowest BCUT2D eigenvalue weighted by Gasteiger charge is -2.13. The predicted octanol–water partition coefficient (Wildman–Crippen LogP) is 4.48. The van der Waals surface area contributed by atoms with Gasteiger partial charge in [0.1, 0.15) is 5.75 Å². The number of benzene rings is 2. The molecule has 1 aliphatic rings. The number of carbonyl (C=O) groups excluding carboxylic acids is 1. The summed E-state index contributed by atoms with van der Waals surface area (Å²) in [6.45, 7) is 0.652. The average Bonchev–Trinajstić information content (AvgIpc) is 3.48. The van der Waals surface area contributed by atoms with Crippen LogP contribution in [-0.4, -0.2) is 33.4 Å². The van der Waals surface area contributed by atoms with Crippen molar-refractivity contribution in [2.45, 2.75) is 12.8 Å². The summed E-state index contributed by atoms with van der Waals surface area (Å²) in [6.07, 6.45) is 3.85. The average molecular weight is 426 g/mol.